The number of rotatable bonds is 5. The van der Waals surface area contributed by atoms with Gasteiger partial charge in [-0.2, -0.15) is 0 Å². The molecular formula is C18H20O5. The Morgan fingerprint density at radius 1 is 1.13 bits per heavy atom. The second kappa shape index (κ2) is 5.87. The fourth-order valence-electron chi connectivity index (χ4n) is 4.20. The number of benzene rings is 1. The van der Waals surface area contributed by atoms with Crippen LogP contribution >= 0.6 is 0 Å². The van der Waals surface area contributed by atoms with Crippen molar-refractivity contribution in [3.05, 3.63) is 23.8 Å². The van der Waals surface area contributed by atoms with Crippen molar-refractivity contribution in [1.82, 2.24) is 0 Å². The number of esters is 1. The maximum atomic E-state index is 12.1. The van der Waals surface area contributed by atoms with Crippen LogP contribution in [0.2, 0.25) is 0 Å². The zero-order valence-corrected chi connectivity index (χ0v) is 13.0. The highest BCUT2D eigenvalue weighted by Crippen LogP contribution is 2.49. The lowest BCUT2D eigenvalue weighted by Gasteiger charge is -2.20. The molecular weight excluding hydrogens is 296 g/mol. The molecule has 1 aromatic carbocycles. The number of Topliss-reactive ketones (excluding diaryl/α,β-unsaturated/α-hetero) is 1. The van der Waals surface area contributed by atoms with E-state index in [0.717, 1.165) is 12.3 Å². The standard InChI is InChI=1S/C18H20O5/c19-15(13-3-4-16-17(7-13)23-10-22-16)9-21-18(20)8-14-6-11-1-2-12(14)5-11/h3-4,7,11-12,14H,1-2,5-6,8-10H2/t11-,12-,14-/m0/s1. The number of ether oxygens (including phenoxy) is 3. The van der Waals surface area contributed by atoms with Gasteiger partial charge in [-0.05, 0) is 55.2 Å². The summed E-state index contributed by atoms with van der Waals surface area (Å²) in [7, 11) is 0. The molecule has 3 atom stereocenters. The smallest absolute Gasteiger partial charge is 0.306 e. The van der Waals surface area contributed by atoms with E-state index in [1.165, 1.54) is 19.3 Å². The van der Waals surface area contributed by atoms with Crippen LogP contribution in [0.3, 0.4) is 0 Å². The molecule has 2 bridgehead atoms. The summed E-state index contributed by atoms with van der Waals surface area (Å²) in [4.78, 5) is 24.1. The predicted octanol–water partition coefficient (Wildman–Crippen LogP) is 2.97. The average Bonchev–Trinajstić information content (AvgIpc) is 3.27. The number of carbonyl (C=O) groups excluding carboxylic acids is 2. The SMILES string of the molecule is O=C(C[C@@H]1C[C@H]2CC[C@H]1C2)OCC(=O)c1ccc2c(c1)OCO2. The summed E-state index contributed by atoms with van der Waals surface area (Å²) in [5, 5.41) is 0. The van der Waals surface area contributed by atoms with Crippen LogP contribution in [-0.4, -0.2) is 25.2 Å². The topological polar surface area (TPSA) is 61.8 Å². The molecule has 4 rings (SSSR count). The molecule has 0 spiro atoms. The number of hydrogen-bond donors (Lipinski definition) is 0. The zero-order chi connectivity index (χ0) is 15.8. The van der Waals surface area contributed by atoms with Crippen LogP contribution in [-0.2, 0) is 9.53 Å². The molecule has 2 fully saturated rings. The van der Waals surface area contributed by atoms with Crippen molar-refractivity contribution >= 4 is 11.8 Å². The van der Waals surface area contributed by atoms with Gasteiger partial charge in [0.05, 0.1) is 0 Å². The molecule has 5 heteroatoms. The van der Waals surface area contributed by atoms with Crippen molar-refractivity contribution in [3.63, 3.8) is 0 Å². The fraction of sp³-hybridized carbons (Fsp3) is 0.556. The Bertz CT molecular complexity index is 638. The Labute approximate surface area is 134 Å². The van der Waals surface area contributed by atoms with Crippen molar-refractivity contribution in [1.29, 1.82) is 0 Å². The molecule has 2 aliphatic carbocycles. The first kappa shape index (κ1) is 14.5. The average molecular weight is 316 g/mol. The maximum absolute atomic E-state index is 12.1. The van der Waals surface area contributed by atoms with E-state index in [-0.39, 0.29) is 25.2 Å². The molecule has 0 saturated heterocycles. The molecule has 1 aromatic rings. The third-order valence-corrected chi connectivity index (χ3v) is 5.37. The van der Waals surface area contributed by atoms with Crippen LogP contribution in [0.25, 0.3) is 0 Å². The lowest BCUT2D eigenvalue weighted by molar-refractivity contribution is -0.144. The molecule has 1 aliphatic heterocycles. The number of ketones is 1. The van der Waals surface area contributed by atoms with Gasteiger partial charge in [-0.3, -0.25) is 9.59 Å². The van der Waals surface area contributed by atoms with Crippen LogP contribution < -0.4 is 9.47 Å². The van der Waals surface area contributed by atoms with Gasteiger partial charge in [0, 0.05) is 12.0 Å². The summed E-state index contributed by atoms with van der Waals surface area (Å²) in [5.74, 6) is 2.69. The minimum Gasteiger partial charge on any atom is -0.457 e. The molecule has 3 aliphatic rings. The summed E-state index contributed by atoms with van der Waals surface area (Å²) >= 11 is 0. The summed E-state index contributed by atoms with van der Waals surface area (Å²) in [5.41, 5.74) is 0.474. The van der Waals surface area contributed by atoms with Gasteiger partial charge in [-0.1, -0.05) is 6.42 Å². The third kappa shape index (κ3) is 2.92. The summed E-state index contributed by atoms with van der Waals surface area (Å²) < 4.78 is 15.6. The van der Waals surface area contributed by atoms with E-state index in [1.807, 2.05) is 0 Å². The Kier molecular flexibility index (Phi) is 3.71. The lowest BCUT2D eigenvalue weighted by Crippen LogP contribution is -2.19. The van der Waals surface area contributed by atoms with Crippen LogP contribution in [0.15, 0.2) is 18.2 Å². The molecule has 23 heavy (non-hydrogen) atoms. The van der Waals surface area contributed by atoms with Crippen molar-refractivity contribution in [3.8, 4) is 11.5 Å². The van der Waals surface area contributed by atoms with Crippen molar-refractivity contribution in [2.24, 2.45) is 17.8 Å². The second-order valence-corrected chi connectivity index (χ2v) is 6.79. The van der Waals surface area contributed by atoms with E-state index >= 15 is 0 Å². The second-order valence-electron chi connectivity index (χ2n) is 6.79. The van der Waals surface area contributed by atoms with Crippen LogP contribution in [0.4, 0.5) is 0 Å². The van der Waals surface area contributed by atoms with Gasteiger partial charge >= 0.3 is 5.97 Å². The Balaban J connectivity index is 1.28. The van der Waals surface area contributed by atoms with Gasteiger partial charge < -0.3 is 14.2 Å². The first-order valence-electron chi connectivity index (χ1n) is 8.27. The summed E-state index contributed by atoms with van der Waals surface area (Å²) in [6, 6.07) is 5.00. The van der Waals surface area contributed by atoms with Gasteiger partial charge in [-0.15, -0.1) is 0 Å². The highest BCUT2D eigenvalue weighted by molar-refractivity contribution is 5.98. The number of fused-ring (bicyclic) bond motifs is 3. The van der Waals surface area contributed by atoms with E-state index in [9.17, 15) is 9.59 Å². The van der Waals surface area contributed by atoms with Crippen molar-refractivity contribution in [2.45, 2.75) is 32.1 Å². The Morgan fingerprint density at radius 3 is 2.78 bits per heavy atom. The number of carbonyl (C=O) groups is 2. The third-order valence-electron chi connectivity index (χ3n) is 5.37. The van der Waals surface area contributed by atoms with Gasteiger partial charge in [-0.25, -0.2) is 0 Å². The van der Waals surface area contributed by atoms with Crippen molar-refractivity contribution < 1.29 is 23.8 Å². The normalized spacial score (nSPS) is 27.2. The van der Waals surface area contributed by atoms with Gasteiger partial charge in [0.15, 0.2) is 23.9 Å². The molecule has 0 aromatic heterocycles. The van der Waals surface area contributed by atoms with E-state index in [4.69, 9.17) is 14.2 Å². The van der Waals surface area contributed by atoms with Gasteiger partial charge in [0.1, 0.15) is 0 Å². The van der Waals surface area contributed by atoms with E-state index < -0.39 is 0 Å². The van der Waals surface area contributed by atoms with Crippen LogP contribution in [0, 0.1) is 17.8 Å². The maximum Gasteiger partial charge on any atom is 0.306 e. The van der Waals surface area contributed by atoms with Crippen LogP contribution in [0.1, 0.15) is 42.5 Å². The molecule has 1 heterocycles. The lowest BCUT2D eigenvalue weighted by atomic mass is 9.86. The molecule has 122 valence electrons. The van der Waals surface area contributed by atoms with Gasteiger partial charge in [0.25, 0.3) is 0 Å². The summed E-state index contributed by atoms with van der Waals surface area (Å²) in [6.07, 6.45) is 5.44. The fourth-order valence-corrected chi connectivity index (χ4v) is 4.20. The highest BCUT2D eigenvalue weighted by atomic mass is 16.7. The van der Waals surface area contributed by atoms with E-state index in [0.29, 0.717) is 35.3 Å². The molecule has 0 unspecified atom stereocenters. The monoisotopic (exact) mass is 316 g/mol. The quantitative estimate of drug-likeness (QED) is 0.617. The number of hydrogen-bond acceptors (Lipinski definition) is 5. The predicted molar refractivity (Wildman–Crippen MR) is 81.4 cm³/mol. The highest BCUT2D eigenvalue weighted by Gasteiger charge is 2.40. The molecule has 0 amide bonds. The first-order chi connectivity index (χ1) is 11.2. The summed E-state index contributed by atoms with van der Waals surface area (Å²) in [6.45, 7) is -0.0369. The minimum atomic E-state index is -0.253. The zero-order valence-electron chi connectivity index (χ0n) is 13.0. The first-order valence-corrected chi connectivity index (χ1v) is 8.27. The Hall–Kier alpha value is -2.04. The van der Waals surface area contributed by atoms with E-state index in [1.54, 1.807) is 18.2 Å². The molecule has 0 radical (unpaired) electrons. The minimum absolute atomic E-state index is 0.172. The molecule has 5 nitrogen and oxygen atoms in total. The largest absolute Gasteiger partial charge is 0.457 e. The van der Waals surface area contributed by atoms with Crippen LogP contribution in [0.5, 0.6) is 11.5 Å². The van der Waals surface area contributed by atoms with E-state index in [2.05, 4.69) is 0 Å². The van der Waals surface area contributed by atoms with Crippen molar-refractivity contribution in [2.75, 3.05) is 13.4 Å². The molecule has 0 N–H and O–H groups in total. The van der Waals surface area contributed by atoms with Gasteiger partial charge in [0.2, 0.25) is 6.79 Å². The Morgan fingerprint density at radius 2 is 2.00 bits per heavy atom. The molecule has 2 saturated carbocycles.